The van der Waals surface area contributed by atoms with Crippen LogP contribution in [-0.4, -0.2) is 3.23 Å². The van der Waals surface area contributed by atoms with E-state index in [4.69, 9.17) is 0 Å². The second-order valence-corrected chi connectivity index (χ2v) is 10.2. The summed E-state index contributed by atoms with van der Waals surface area (Å²) >= 11 is 8.19. The molecular weight excluding hydrogens is 352 g/mol. The van der Waals surface area contributed by atoms with Crippen LogP contribution in [0.1, 0.15) is 37.7 Å². The van der Waals surface area contributed by atoms with Gasteiger partial charge in [-0.15, -0.1) is 0 Å². The van der Waals surface area contributed by atoms with Gasteiger partial charge in [0.25, 0.3) is 0 Å². The van der Waals surface area contributed by atoms with Gasteiger partial charge < -0.3 is 0 Å². The number of benzene rings is 1. The number of hydrogen-bond acceptors (Lipinski definition) is 0. The third-order valence-electron chi connectivity index (χ3n) is 5.65. The van der Waals surface area contributed by atoms with Crippen molar-refractivity contribution in [2.45, 2.75) is 40.8 Å². The zero-order chi connectivity index (χ0) is 12.4. The summed E-state index contributed by atoms with van der Waals surface area (Å²) < 4.78 is 0.127. The summed E-state index contributed by atoms with van der Waals surface area (Å²) in [5.74, 6) is 2.74. The molecule has 0 heterocycles. The van der Waals surface area contributed by atoms with Crippen LogP contribution < -0.4 is 0 Å². The molecule has 4 fully saturated rings. The van der Waals surface area contributed by atoms with Crippen molar-refractivity contribution in [2.24, 2.45) is 17.8 Å². The van der Waals surface area contributed by atoms with E-state index in [1.807, 2.05) is 0 Å². The SMILES string of the molecule is BrC1(Br)C2CC3CC(C2)CC1(c1ccccc1)C3. The van der Waals surface area contributed by atoms with E-state index in [-0.39, 0.29) is 3.23 Å². The lowest BCUT2D eigenvalue weighted by molar-refractivity contribution is -0.00484. The molecule has 0 saturated heterocycles. The minimum Gasteiger partial charge on any atom is -0.0714 e. The van der Waals surface area contributed by atoms with Crippen LogP contribution in [0.2, 0.25) is 0 Å². The molecule has 1 aromatic carbocycles. The molecular formula is C16H18Br2. The minimum atomic E-state index is 0.127. The van der Waals surface area contributed by atoms with Crippen LogP contribution in [0.4, 0.5) is 0 Å². The predicted octanol–water partition coefficient (Wildman–Crippen LogP) is 5.25. The van der Waals surface area contributed by atoms with Crippen molar-refractivity contribution in [3.8, 4) is 0 Å². The largest absolute Gasteiger partial charge is 0.0929 e. The molecule has 18 heavy (non-hydrogen) atoms. The van der Waals surface area contributed by atoms with E-state index in [0.717, 1.165) is 17.8 Å². The molecule has 2 atom stereocenters. The fourth-order valence-corrected chi connectivity index (χ4v) is 6.96. The molecule has 0 aromatic heterocycles. The van der Waals surface area contributed by atoms with Crippen LogP contribution >= 0.6 is 31.9 Å². The van der Waals surface area contributed by atoms with Crippen molar-refractivity contribution >= 4 is 31.9 Å². The van der Waals surface area contributed by atoms with E-state index in [9.17, 15) is 0 Å². The smallest absolute Gasteiger partial charge is 0.0714 e. The van der Waals surface area contributed by atoms with Gasteiger partial charge in [0.1, 0.15) is 0 Å². The van der Waals surface area contributed by atoms with Crippen LogP contribution in [0.3, 0.4) is 0 Å². The molecule has 0 amide bonds. The second-order valence-electron chi connectivity index (χ2n) is 6.62. The second kappa shape index (κ2) is 3.85. The van der Waals surface area contributed by atoms with E-state index in [1.165, 1.54) is 37.7 Å². The normalized spacial score (nSPS) is 44.2. The molecule has 0 N–H and O–H groups in total. The molecule has 4 aliphatic carbocycles. The summed E-state index contributed by atoms with van der Waals surface area (Å²) in [5, 5.41) is 0. The van der Waals surface area contributed by atoms with Gasteiger partial charge in [0, 0.05) is 5.41 Å². The first kappa shape index (κ1) is 12.0. The molecule has 0 nitrogen and oxygen atoms in total. The Kier molecular flexibility index (Phi) is 2.56. The Hall–Kier alpha value is 0.180. The highest BCUT2D eigenvalue weighted by Gasteiger charge is 2.64. The minimum absolute atomic E-state index is 0.127. The Morgan fingerprint density at radius 1 is 0.889 bits per heavy atom. The van der Waals surface area contributed by atoms with Crippen LogP contribution in [0, 0.1) is 17.8 Å². The van der Waals surface area contributed by atoms with E-state index >= 15 is 0 Å². The summed E-state index contributed by atoms with van der Waals surface area (Å²) in [4.78, 5) is 0. The zero-order valence-electron chi connectivity index (χ0n) is 10.4. The molecule has 0 radical (unpaired) electrons. The molecule has 0 aliphatic heterocycles. The van der Waals surface area contributed by atoms with E-state index in [2.05, 4.69) is 62.2 Å². The van der Waals surface area contributed by atoms with Crippen LogP contribution in [0.5, 0.6) is 0 Å². The quantitative estimate of drug-likeness (QED) is 0.593. The van der Waals surface area contributed by atoms with Crippen LogP contribution in [0.15, 0.2) is 30.3 Å². The van der Waals surface area contributed by atoms with Gasteiger partial charge in [0.15, 0.2) is 0 Å². The van der Waals surface area contributed by atoms with Crippen LogP contribution in [-0.2, 0) is 5.41 Å². The monoisotopic (exact) mass is 368 g/mol. The van der Waals surface area contributed by atoms with Gasteiger partial charge in [-0.25, -0.2) is 0 Å². The van der Waals surface area contributed by atoms with Gasteiger partial charge in [-0.3, -0.25) is 0 Å². The highest BCUT2D eigenvalue weighted by molar-refractivity contribution is 9.25. The summed E-state index contributed by atoms with van der Waals surface area (Å²) in [7, 11) is 0. The van der Waals surface area contributed by atoms with E-state index in [1.54, 1.807) is 0 Å². The van der Waals surface area contributed by atoms with Crippen molar-refractivity contribution in [1.29, 1.82) is 0 Å². The Morgan fingerprint density at radius 2 is 1.50 bits per heavy atom. The Balaban J connectivity index is 1.87. The van der Waals surface area contributed by atoms with Gasteiger partial charge in [0.2, 0.25) is 0 Å². The fourth-order valence-electron chi connectivity index (χ4n) is 5.11. The Labute approximate surface area is 126 Å². The molecule has 4 bridgehead atoms. The van der Waals surface area contributed by atoms with Gasteiger partial charge in [-0.1, -0.05) is 62.2 Å². The maximum absolute atomic E-state index is 4.09. The summed E-state index contributed by atoms with van der Waals surface area (Å²) in [6.45, 7) is 0. The summed E-state index contributed by atoms with van der Waals surface area (Å²) in [5.41, 5.74) is 1.86. The van der Waals surface area contributed by atoms with Crippen molar-refractivity contribution in [3.05, 3.63) is 35.9 Å². The molecule has 5 rings (SSSR count). The maximum Gasteiger partial charge on any atom is 0.0929 e. The van der Waals surface area contributed by atoms with E-state index < -0.39 is 0 Å². The van der Waals surface area contributed by atoms with Crippen molar-refractivity contribution in [2.75, 3.05) is 0 Å². The highest BCUT2D eigenvalue weighted by atomic mass is 79.9. The summed E-state index contributed by atoms with van der Waals surface area (Å²) in [6.07, 6.45) is 7.05. The molecule has 1 aromatic rings. The molecule has 4 saturated carbocycles. The number of halogens is 2. The Bertz CT molecular complexity index is 451. The van der Waals surface area contributed by atoms with Gasteiger partial charge in [0.05, 0.1) is 3.23 Å². The standard InChI is InChI=1S/C16H18Br2/c17-16(18)14-7-11-6-12(8-14)10-15(16,9-11)13-4-2-1-3-5-13/h1-5,11-12,14H,6-10H2. The van der Waals surface area contributed by atoms with Crippen LogP contribution in [0.25, 0.3) is 0 Å². The number of rotatable bonds is 1. The maximum atomic E-state index is 4.09. The van der Waals surface area contributed by atoms with Gasteiger partial charge >= 0.3 is 0 Å². The molecule has 4 aliphatic rings. The first-order valence-electron chi connectivity index (χ1n) is 7.05. The fraction of sp³-hybridized carbons (Fsp3) is 0.625. The topological polar surface area (TPSA) is 0 Å². The van der Waals surface area contributed by atoms with Crippen molar-refractivity contribution in [3.63, 3.8) is 0 Å². The first-order chi connectivity index (χ1) is 8.62. The zero-order valence-corrected chi connectivity index (χ0v) is 13.6. The van der Waals surface area contributed by atoms with Crippen molar-refractivity contribution < 1.29 is 0 Å². The molecule has 2 heteroatoms. The molecule has 2 unspecified atom stereocenters. The lowest BCUT2D eigenvalue weighted by Crippen LogP contribution is -2.60. The number of alkyl halides is 2. The highest BCUT2D eigenvalue weighted by Crippen LogP contribution is 2.70. The average molecular weight is 370 g/mol. The third-order valence-corrected chi connectivity index (χ3v) is 8.47. The lowest BCUT2D eigenvalue weighted by Gasteiger charge is -2.64. The summed E-state index contributed by atoms with van der Waals surface area (Å²) in [6, 6.07) is 11.2. The predicted molar refractivity (Wildman–Crippen MR) is 82.3 cm³/mol. The van der Waals surface area contributed by atoms with Crippen molar-refractivity contribution in [1.82, 2.24) is 0 Å². The van der Waals surface area contributed by atoms with E-state index in [0.29, 0.717) is 5.41 Å². The Morgan fingerprint density at radius 3 is 2.11 bits per heavy atom. The first-order valence-corrected chi connectivity index (χ1v) is 8.64. The molecule has 0 spiro atoms. The number of hydrogen-bond donors (Lipinski definition) is 0. The molecule has 96 valence electrons. The third kappa shape index (κ3) is 1.42. The van der Waals surface area contributed by atoms with Gasteiger partial charge in [-0.2, -0.15) is 0 Å². The van der Waals surface area contributed by atoms with Gasteiger partial charge in [-0.05, 0) is 55.4 Å². The lowest BCUT2D eigenvalue weighted by atomic mass is 9.48. The average Bonchev–Trinajstić information content (AvgIpc) is 2.36.